The van der Waals surface area contributed by atoms with E-state index in [1.165, 1.54) is 0 Å². The minimum atomic E-state index is -5.26. The van der Waals surface area contributed by atoms with E-state index in [9.17, 15) is 54.1 Å². The molecular formula is C17H14N6O12S3. The molecule has 0 saturated heterocycles. The fourth-order valence-electron chi connectivity index (χ4n) is 3.21. The van der Waals surface area contributed by atoms with Gasteiger partial charge in [0.15, 0.2) is 5.75 Å². The van der Waals surface area contributed by atoms with Crippen LogP contribution in [-0.4, -0.2) is 56.0 Å². The Morgan fingerprint density at radius 1 is 0.816 bits per heavy atom. The summed E-state index contributed by atoms with van der Waals surface area (Å²) < 4.78 is 99.8. The molecule has 0 atom stereocenters. The molecule has 0 aliphatic rings. The van der Waals surface area contributed by atoms with Gasteiger partial charge in [-0.25, -0.2) is 0 Å². The highest BCUT2D eigenvalue weighted by molar-refractivity contribution is 7.86. The van der Waals surface area contributed by atoms with Crippen molar-refractivity contribution < 1.29 is 48.9 Å². The van der Waals surface area contributed by atoms with Crippen LogP contribution in [-0.2, 0) is 30.4 Å². The predicted octanol–water partition coefficient (Wildman–Crippen LogP) is 2.90. The van der Waals surface area contributed by atoms with E-state index in [1.807, 2.05) is 0 Å². The summed E-state index contributed by atoms with van der Waals surface area (Å²) in [5, 5.41) is 34.6. The molecule has 21 heteroatoms. The van der Waals surface area contributed by atoms with Crippen LogP contribution in [0, 0.1) is 10.1 Å². The first-order valence-corrected chi connectivity index (χ1v) is 13.7. The van der Waals surface area contributed by atoms with E-state index < -0.39 is 94.9 Å². The molecule has 0 saturated carbocycles. The van der Waals surface area contributed by atoms with Gasteiger partial charge in [0, 0.05) is 19.2 Å². The number of nitro benzene ring substituents is 1. The Hall–Kier alpha value is -4.15. The maximum atomic E-state index is 12.0. The van der Waals surface area contributed by atoms with Gasteiger partial charge in [-0.05, 0) is 23.6 Å². The number of benzene rings is 3. The van der Waals surface area contributed by atoms with Crippen molar-refractivity contribution in [3.05, 3.63) is 40.4 Å². The molecule has 6 N–H and O–H groups in total. The van der Waals surface area contributed by atoms with E-state index in [-0.39, 0.29) is 0 Å². The van der Waals surface area contributed by atoms with Crippen LogP contribution in [0.5, 0.6) is 5.75 Å². The van der Waals surface area contributed by atoms with Crippen LogP contribution in [0.4, 0.5) is 28.4 Å². The molecule has 38 heavy (non-hydrogen) atoms. The van der Waals surface area contributed by atoms with Gasteiger partial charge in [-0.1, -0.05) is 0 Å². The van der Waals surface area contributed by atoms with Crippen LogP contribution >= 0.6 is 0 Å². The van der Waals surface area contributed by atoms with Gasteiger partial charge in [0.2, 0.25) is 0 Å². The number of aromatic hydroxyl groups is 1. The lowest BCUT2D eigenvalue weighted by Gasteiger charge is -2.14. The number of nitrogens with two attached hydrogens (primary N) is 1. The number of rotatable bonds is 7. The molecule has 0 radical (unpaired) electrons. The molecule has 0 spiro atoms. The summed E-state index contributed by atoms with van der Waals surface area (Å²) in [7, 11) is -14.3. The van der Waals surface area contributed by atoms with E-state index in [2.05, 4.69) is 20.5 Å². The van der Waals surface area contributed by atoms with E-state index in [0.29, 0.717) is 18.2 Å². The molecule has 0 fully saturated rings. The number of fused-ring (bicyclic) bond motifs is 1. The highest BCUT2D eigenvalue weighted by Gasteiger charge is 2.28. The van der Waals surface area contributed by atoms with Crippen LogP contribution in [0.1, 0.15) is 0 Å². The number of nitrogens with zero attached hydrogens (tertiary/aromatic N) is 5. The number of phenolic OH excluding ortho intramolecular Hbond substituents is 1. The Balaban J connectivity index is 2.45. The quantitative estimate of drug-likeness (QED) is 0.0869. The van der Waals surface area contributed by atoms with Gasteiger partial charge < -0.3 is 10.8 Å². The summed E-state index contributed by atoms with van der Waals surface area (Å²) in [5.74, 6) is -1.12. The topological polar surface area (TPSA) is 302 Å². The highest BCUT2D eigenvalue weighted by Crippen LogP contribution is 2.48. The molecule has 202 valence electrons. The van der Waals surface area contributed by atoms with Crippen molar-refractivity contribution in [2.75, 3.05) is 12.8 Å². The number of nitro groups is 1. The number of hydrogen-bond donors (Lipinski definition) is 5. The van der Waals surface area contributed by atoms with Crippen molar-refractivity contribution in [2.24, 2.45) is 20.5 Å². The Kier molecular flexibility index (Phi) is 7.20. The van der Waals surface area contributed by atoms with Gasteiger partial charge in [-0.15, -0.1) is 10.2 Å². The fraction of sp³-hybridized carbons (Fsp3) is 0.0588. The van der Waals surface area contributed by atoms with Gasteiger partial charge in [0.1, 0.15) is 31.7 Å². The lowest BCUT2D eigenvalue weighted by Crippen LogP contribution is -2.04. The summed E-state index contributed by atoms with van der Waals surface area (Å²) in [5.41, 5.74) is 2.09. The first-order valence-electron chi connectivity index (χ1n) is 9.42. The van der Waals surface area contributed by atoms with E-state index >= 15 is 0 Å². The van der Waals surface area contributed by atoms with Gasteiger partial charge in [-0.3, -0.25) is 23.8 Å². The molecule has 0 amide bonds. The molecule has 3 aromatic rings. The fourth-order valence-corrected chi connectivity index (χ4v) is 5.19. The molecule has 0 heterocycles. The molecule has 0 bridgehead atoms. The smallest absolute Gasteiger partial charge is 0.297 e. The van der Waals surface area contributed by atoms with Gasteiger partial charge >= 0.3 is 0 Å². The molecule has 0 aliphatic carbocycles. The normalized spacial score (nSPS) is 13.1. The van der Waals surface area contributed by atoms with E-state index in [0.717, 1.165) is 19.2 Å². The number of azo groups is 2. The molecule has 3 aromatic carbocycles. The van der Waals surface area contributed by atoms with E-state index in [1.54, 1.807) is 0 Å². The Labute approximate surface area is 212 Å². The average Bonchev–Trinajstić information content (AvgIpc) is 2.77. The zero-order valence-corrected chi connectivity index (χ0v) is 20.9. The second-order valence-electron chi connectivity index (χ2n) is 7.14. The second-order valence-corrected chi connectivity index (χ2v) is 11.3. The molecular weight excluding hydrogens is 576 g/mol. The van der Waals surface area contributed by atoms with Crippen LogP contribution in [0.15, 0.2) is 65.5 Å². The maximum Gasteiger partial charge on any atom is 0.297 e. The molecule has 18 nitrogen and oxygen atoms in total. The standard InChI is InChI=1S/C17H14N6O12S3/c1-19-21-15-11(37(30,31)32)4-7-5-12(38(33,34)35)16(17(24)13(7)14(15)18)22-20-9-3-2-8(23(25)26)6-10(9)36(27,28)29/h2-6,24H,18H2,1H3,(H,27,28,29)(H,30,31,32)(H,33,34,35). The number of nitrogen functional groups attached to an aromatic ring is 1. The van der Waals surface area contributed by atoms with Crippen LogP contribution in [0.2, 0.25) is 0 Å². The Bertz CT molecular complexity index is 1900. The lowest BCUT2D eigenvalue weighted by atomic mass is 10.1. The molecule has 0 aromatic heterocycles. The summed E-state index contributed by atoms with van der Waals surface area (Å²) in [6.07, 6.45) is 0. The van der Waals surface area contributed by atoms with Crippen molar-refractivity contribution in [1.29, 1.82) is 0 Å². The third kappa shape index (κ3) is 5.41. The van der Waals surface area contributed by atoms with Crippen molar-refractivity contribution >= 4 is 69.6 Å². The first kappa shape index (κ1) is 28.4. The lowest BCUT2D eigenvalue weighted by molar-refractivity contribution is -0.385. The summed E-state index contributed by atoms with van der Waals surface area (Å²) >= 11 is 0. The second kappa shape index (κ2) is 9.62. The number of anilines is 1. The number of phenols is 1. The predicted molar refractivity (Wildman–Crippen MR) is 127 cm³/mol. The Morgan fingerprint density at radius 3 is 1.82 bits per heavy atom. The Morgan fingerprint density at radius 2 is 1.34 bits per heavy atom. The minimum Gasteiger partial charge on any atom is -0.505 e. The van der Waals surface area contributed by atoms with Crippen LogP contribution < -0.4 is 5.73 Å². The first-order chi connectivity index (χ1) is 17.4. The zero-order chi connectivity index (χ0) is 28.8. The zero-order valence-electron chi connectivity index (χ0n) is 18.5. The van der Waals surface area contributed by atoms with E-state index in [4.69, 9.17) is 5.73 Å². The van der Waals surface area contributed by atoms with Gasteiger partial charge in [0.25, 0.3) is 36.0 Å². The third-order valence-electron chi connectivity index (χ3n) is 4.76. The monoisotopic (exact) mass is 590 g/mol. The summed E-state index contributed by atoms with van der Waals surface area (Å²) in [6.45, 7) is 0. The van der Waals surface area contributed by atoms with Crippen molar-refractivity contribution in [3.63, 3.8) is 0 Å². The third-order valence-corrected chi connectivity index (χ3v) is 7.38. The summed E-state index contributed by atoms with van der Waals surface area (Å²) in [6, 6.07) is 3.24. The van der Waals surface area contributed by atoms with Crippen molar-refractivity contribution in [1.82, 2.24) is 0 Å². The van der Waals surface area contributed by atoms with Crippen LogP contribution in [0.25, 0.3) is 10.8 Å². The summed E-state index contributed by atoms with van der Waals surface area (Å²) in [4.78, 5) is 6.78. The van der Waals surface area contributed by atoms with Crippen molar-refractivity contribution in [2.45, 2.75) is 14.7 Å². The van der Waals surface area contributed by atoms with Gasteiger partial charge in [-0.2, -0.15) is 35.5 Å². The van der Waals surface area contributed by atoms with Crippen LogP contribution in [0.3, 0.4) is 0 Å². The molecule has 0 aliphatic heterocycles. The number of non-ortho nitro benzene ring substituents is 1. The maximum absolute atomic E-state index is 12.0. The largest absolute Gasteiger partial charge is 0.505 e. The average molecular weight is 591 g/mol. The van der Waals surface area contributed by atoms with Gasteiger partial charge in [0.05, 0.1) is 16.0 Å². The molecule has 0 unspecified atom stereocenters. The molecule has 3 rings (SSSR count). The highest BCUT2D eigenvalue weighted by atomic mass is 32.2. The SMILES string of the molecule is CN=Nc1c(S(=O)(=O)O)cc2cc(S(=O)(=O)O)c(N=Nc3ccc([N+](=O)[O-])cc3S(=O)(=O)O)c(O)c2c1N. The minimum absolute atomic E-state index is 0.435. The number of hydrogen-bond acceptors (Lipinski definition) is 14. The van der Waals surface area contributed by atoms with Crippen molar-refractivity contribution in [3.8, 4) is 5.75 Å².